The van der Waals surface area contributed by atoms with E-state index in [0.717, 1.165) is 51.2 Å². The molecule has 232 valence electrons. The lowest BCUT2D eigenvalue weighted by atomic mass is 10.1. The van der Waals surface area contributed by atoms with Gasteiger partial charge in [-0.05, 0) is 72.8 Å². The zero-order chi connectivity index (χ0) is 32.6. The van der Waals surface area contributed by atoms with E-state index in [1.165, 1.54) is 21.8 Å². The van der Waals surface area contributed by atoms with Crippen LogP contribution < -0.4 is 4.90 Å². The van der Waals surface area contributed by atoms with E-state index >= 15 is 0 Å². The van der Waals surface area contributed by atoms with Gasteiger partial charge in [0.1, 0.15) is 0 Å². The topological polar surface area (TPSA) is 38.9 Å². The summed E-state index contributed by atoms with van der Waals surface area (Å²) in [4.78, 5) is 2.30. The lowest BCUT2D eigenvalue weighted by Crippen LogP contribution is -2.12. The lowest BCUT2D eigenvalue weighted by molar-refractivity contribution is 1.07. The molecule has 49 heavy (non-hydrogen) atoms. The number of para-hydroxylation sites is 5. The van der Waals surface area contributed by atoms with Crippen molar-refractivity contribution >= 4 is 38.9 Å². The van der Waals surface area contributed by atoms with Gasteiger partial charge in [-0.1, -0.05) is 115 Å². The molecule has 0 N–H and O–H groups in total. The Bertz CT molecular complexity index is 2480. The van der Waals surface area contributed by atoms with Gasteiger partial charge in [0.15, 0.2) is 11.6 Å². The molecule has 0 aliphatic heterocycles. The van der Waals surface area contributed by atoms with Crippen LogP contribution in [-0.2, 0) is 0 Å². The summed E-state index contributed by atoms with van der Waals surface area (Å²) in [5.41, 5.74) is 9.55. The van der Waals surface area contributed by atoms with Crippen LogP contribution >= 0.6 is 0 Å². The van der Waals surface area contributed by atoms with Gasteiger partial charge in [0.25, 0.3) is 0 Å². The van der Waals surface area contributed by atoms with Crippen molar-refractivity contribution in [2.45, 2.75) is 0 Å². The van der Waals surface area contributed by atoms with Crippen molar-refractivity contribution in [3.05, 3.63) is 188 Å². The number of anilines is 3. The van der Waals surface area contributed by atoms with Gasteiger partial charge in [-0.15, -0.1) is 10.2 Å². The SMILES string of the molecule is c1ccc(-c2nnc(-c3ccccc3N(c3ccccc3)c3ccc(-n4c5ccccc5c5ccccc54)cc3)n2-c2ccccc2)cc1. The Morgan fingerprint density at radius 2 is 0.857 bits per heavy atom. The quantitative estimate of drug-likeness (QED) is 0.176. The van der Waals surface area contributed by atoms with E-state index in [1.807, 2.05) is 24.3 Å². The smallest absolute Gasteiger partial charge is 0.170 e. The summed E-state index contributed by atoms with van der Waals surface area (Å²) in [6.07, 6.45) is 0. The maximum absolute atomic E-state index is 4.86. The molecule has 0 saturated carbocycles. The minimum absolute atomic E-state index is 0.767. The average molecular weight is 630 g/mol. The minimum atomic E-state index is 0.767. The molecule has 5 heteroatoms. The third kappa shape index (κ3) is 4.96. The van der Waals surface area contributed by atoms with Crippen LogP contribution in [0.5, 0.6) is 0 Å². The number of fused-ring (bicyclic) bond motifs is 3. The first-order chi connectivity index (χ1) is 24.3. The molecule has 0 aliphatic carbocycles. The minimum Gasteiger partial charge on any atom is -0.310 e. The van der Waals surface area contributed by atoms with Crippen molar-refractivity contribution in [1.82, 2.24) is 19.3 Å². The number of benzene rings is 7. The highest BCUT2D eigenvalue weighted by Crippen LogP contribution is 2.42. The first-order valence-corrected chi connectivity index (χ1v) is 16.4. The maximum Gasteiger partial charge on any atom is 0.170 e. The molecule has 0 unspecified atom stereocenters. The third-order valence-corrected chi connectivity index (χ3v) is 9.06. The van der Waals surface area contributed by atoms with E-state index < -0.39 is 0 Å². The largest absolute Gasteiger partial charge is 0.310 e. The van der Waals surface area contributed by atoms with Gasteiger partial charge in [-0.25, -0.2) is 0 Å². The standard InChI is InChI=1S/C44H31N5/c1-4-16-32(17-5-1)43-45-46-44(49(43)34-20-8-3-9-21-34)39-24-12-15-27-42(39)47(33-18-6-2-7-19-33)35-28-30-36(31-29-35)48-40-25-13-10-22-37(40)38-23-11-14-26-41(38)48/h1-31H. The van der Waals surface area contributed by atoms with Crippen molar-refractivity contribution in [3.63, 3.8) is 0 Å². The molecule has 0 bridgehead atoms. The molecule has 0 amide bonds. The summed E-state index contributed by atoms with van der Waals surface area (Å²) in [5, 5.41) is 12.1. The van der Waals surface area contributed by atoms with Gasteiger partial charge in [0, 0.05) is 44.6 Å². The second-order valence-electron chi connectivity index (χ2n) is 12.0. The lowest BCUT2D eigenvalue weighted by Gasteiger charge is -2.28. The fourth-order valence-corrected chi connectivity index (χ4v) is 6.87. The first-order valence-electron chi connectivity index (χ1n) is 16.4. The maximum atomic E-state index is 4.86. The van der Waals surface area contributed by atoms with Crippen LogP contribution in [0.25, 0.3) is 56.0 Å². The van der Waals surface area contributed by atoms with Gasteiger partial charge in [-0.2, -0.15) is 0 Å². The van der Waals surface area contributed by atoms with E-state index in [9.17, 15) is 0 Å². The van der Waals surface area contributed by atoms with Crippen molar-refractivity contribution in [2.24, 2.45) is 0 Å². The molecule has 5 nitrogen and oxygen atoms in total. The highest BCUT2D eigenvalue weighted by molar-refractivity contribution is 6.09. The van der Waals surface area contributed by atoms with Gasteiger partial charge < -0.3 is 9.47 Å². The number of aromatic nitrogens is 4. The Morgan fingerprint density at radius 3 is 1.53 bits per heavy atom. The van der Waals surface area contributed by atoms with E-state index in [0.29, 0.717) is 0 Å². The molecule has 0 spiro atoms. The Kier molecular flexibility index (Phi) is 7.06. The zero-order valence-corrected chi connectivity index (χ0v) is 26.6. The highest BCUT2D eigenvalue weighted by atomic mass is 15.3. The van der Waals surface area contributed by atoms with Crippen molar-refractivity contribution in [1.29, 1.82) is 0 Å². The molecular formula is C44H31N5. The molecular weight excluding hydrogens is 599 g/mol. The van der Waals surface area contributed by atoms with Gasteiger partial charge in [0.2, 0.25) is 0 Å². The normalized spacial score (nSPS) is 11.3. The highest BCUT2D eigenvalue weighted by Gasteiger charge is 2.23. The first kappa shape index (κ1) is 28.5. The monoisotopic (exact) mass is 629 g/mol. The summed E-state index contributed by atoms with van der Waals surface area (Å²) in [5.74, 6) is 1.56. The molecule has 2 aromatic heterocycles. The summed E-state index contributed by atoms with van der Waals surface area (Å²) < 4.78 is 4.51. The summed E-state index contributed by atoms with van der Waals surface area (Å²) in [6, 6.07) is 65.6. The third-order valence-electron chi connectivity index (χ3n) is 9.06. The Morgan fingerprint density at radius 1 is 0.367 bits per heavy atom. The molecule has 2 heterocycles. The van der Waals surface area contributed by atoms with Crippen LogP contribution in [0.4, 0.5) is 17.1 Å². The molecule has 0 saturated heterocycles. The molecule has 9 aromatic rings. The number of hydrogen-bond donors (Lipinski definition) is 0. The van der Waals surface area contributed by atoms with Crippen LogP contribution in [0, 0.1) is 0 Å². The molecule has 0 atom stereocenters. The van der Waals surface area contributed by atoms with Crippen LogP contribution in [0.3, 0.4) is 0 Å². The fraction of sp³-hybridized carbons (Fsp3) is 0. The van der Waals surface area contributed by atoms with E-state index in [4.69, 9.17) is 10.2 Å². The number of nitrogens with zero attached hydrogens (tertiary/aromatic N) is 5. The molecule has 0 radical (unpaired) electrons. The van der Waals surface area contributed by atoms with Crippen molar-refractivity contribution in [3.8, 4) is 34.2 Å². The van der Waals surface area contributed by atoms with E-state index in [-0.39, 0.29) is 0 Å². The zero-order valence-electron chi connectivity index (χ0n) is 26.6. The second kappa shape index (κ2) is 12.1. The van der Waals surface area contributed by atoms with Crippen LogP contribution in [0.15, 0.2) is 188 Å². The van der Waals surface area contributed by atoms with Crippen molar-refractivity contribution < 1.29 is 0 Å². The Balaban J connectivity index is 1.22. The van der Waals surface area contributed by atoms with E-state index in [2.05, 4.69) is 178 Å². The number of hydrogen-bond acceptors (Lipinski definition) is 3. The van der Waals surface area contributed by atoms with Crippen LogP contribution in [0.2, 0.25) is 0 Å². The molecule has 7 aromatic carbocycles. The van der Waals surface area contributed by atoms with Crippen molar-refractivity contribution in [2.75, 3.05) is 4.90 Å². The summed E-state index contributed by atoms with van der Waals surface area (Å²) in [6.45, 7) is 0. The van der Waals surface area contributed by atoms with Crippen LogP contribution in [-0.4, -0.2) is 19.3 Å². The Labute approximate surface area is 284 Å². The summed E-state index contributed by atoms with van der Waals surface area (Å²) >= 11 is 0. The van der Waals surface area contributed by atoms with Gasteiger partial charge >= 0.3 is 0 Å². The van der Waals surface area contributed by atoms with Crippen LogP contribution in [0.1, 0.15) is 0 Å². The predicted octanol–water partition coefficient (Wildman–Crippen LogP) is 11.2. The van der Waals surface area contributed by atoms with E-state index in [1.54, 1.807) is 0 Å². The second-order valence-corrected chi connectivity index (χ2v) is 12.0. The fourth-order valence-electron chi connectivity index (χ4n) is 6.87. The summed E-state index contributed by atoms with van der Waals surface area (Å²) in [7, 11) is 0. The van der Waals surface area contributed by atoms with Gasteiger partial charge in [0.05, 0.1) is 16.7 Å². The molecule has 9 rings (SSSR count). The number of rotatable bonds is 7. The molecule has 0 aliphatic rings. The average Bonchev–Trinajstić information content (AvgIpc) is 3.77. The predicted molar refractivity (Wildman–Crippen MR) is 201 cm³/mol. The van der Waals surface area contributed by atoms with Gasteiger partial charge in [-0.3, -0.25) is 4.57 Å². The molecule has 0 fully saturated rings. The Hall–Kier alpha value is -6.72.